The molecule has 1 radical (unpaired) electrons. The molecule has 0 unspecified atom stereocenters. The zero-order valence-electron chi connectivity index (χ0n) is 6.02. The zero-order valence-corrected chi connectivity index (χ0v) is 6.02. The Hall–Kier alpha value is -1.38. The van der Waals surface area contributed by atoms with Gasteiger partial charge in [-0.25, -0.2) is 4.39 Å². The second kappa shape index (κ2) is 3.14. The van der Waals surface area contributed by atoms with E-state index in [-0.39, 0.29) is 5.82 Å². The van der Waals surface area contributed by atoms with Crippen molar-refractivity contribution in [2.24, 2.45) is 0 Å². The highest BCUT2D eigenvalue weighted by Crippen LogP contribution is 2.15. The first-order chi connectivity index (χ1) is 5.25. The third-order valence-corrected chi connectivity index (χ3v) is 1.45. The highest BCUT2D eigenvalue weighted by molar-refractivity contribution is 5.73. The van der Waals surface area contributed by atoms with Gasteiger partial charge in [-0.3, -0.25) is 4.79 Å². The second-order valence-corrected chi connectivity index (χ2v) is 2.14. The maximum Gasteiger partial charge on any atom is 0.314 e. The molecule has 11 heavy (non-hydrogen) atoms. The van der Waals surface area contributed by atoms with Crippen LogP contribution in [0.5, 0.6) is 0 Å². The quantitative estimate of drug-likeness (QED) is 0.641. The molecule has 0 aromatic heterocycles. The number of benzene rings is 1. The lowest BCUT2D eigenvalue weighted by molar-refractivity contribution is 0.561. The number of rotatable bonds is 2. The largest absolute Gasteiger partial charge is 0.317 e. The molecule has 0 aliphatic carbocycles. The van der Waals surface area contributed by atoms with Crippen LogP contribution >= 0.6 is 0 Å². The van der Waals surface area contributed by atoms with Crippen molar-refractivity contribution in [1.82, 2.24) is 0 Å². The van der Waals surface area contributed by atoms with Crippen molar-refractivity contribution in [2.75, 3.05) is 5.32 Å². The molecule has 57 valence electrons. The molecule has 0 aliphatic rings. The summed E-state index contributed by atoms with van der Waals surface area (Å²) in [5.74, 6) is -0.328. The van der Waals surface area contributed by atoms with E-state index in [4.69, 9.17) is 0 Å². The minimum atomic E-state index is -0.328. The van der Waals surface area contributed by atoms with Gasteiger partial charge in [0.05, 0.1) is 0 Å². The number of halogens is 1. The van der Waals surface area contributed by atoms with Crippen LogP contribution in [0.2, 0.25) is 0 Å². The average molecular weight is 152 g/mol. The van der Waals surface area contributed by atoms with Crippen LogP contribution in [-0.4, -0.2) is 6.41 Å². The van der Waals surface area contributed by atoms with E-state index in [1.807, 2.05) is 0 Å². The monoisotopic (exact) mass is 152 g/mol. The first-order valence-corrected chi connectivity index (χ1v) is 3.14. The lowest BCUT2D eigenvalue weighted by Crippen LogP contribution is -1.97. The van der Waals surface area contributed by atoms with Gasteiger partial charge in [-0.05, 0) is 19.1 Å². The van der Waals surface area contributed by atoms with Gasteiger partial charge in [0.25, 0.3) is 0 Å². The van der Waals surface area contributed by atoms with Crippen molar-refractivity contribution in [3.8, 4) is 0 Å². The summed E-state index contributed by atoms with van der Waals surface area (Å²) in [6.07, 6.45) is 1.49. The van der Waals surface area contributed by atoms with Gasteiger partial charge in [-0.2, -0.15) is 0 Å². The molecular weight excluding hydrogens is 145 g/mol. The molecular formula is C8H7FNO. The molecule has 0 bridgehead atoms. The number of anilines is 1. The van der Waals surface area contributed by atoms with Crippen LogP contribution in [0, 0.1) is 12.7 Å². The summed E-state index contributed by atoms with van der Waals surface area (Å²) in [6.45, 7) is 1.59. The Morgan fingerprint density at radius 3 is 2.91 bits per heavy atom. The van der Waals surface area contributed by atoms with Gasteiger partial charge in [-0.15, -0.1) is 0 Å². The summed E-state index contributed by atoms with van der Waals surface area (Å²) in [4.78, 5) is 9.88. The van der Waals surface area contributed by atoms with Crippen molar-refractivity contribution in [3.63, 3.8) is 0 Å². The molecule has 0 spiro atoms. The van der Waals surface area contributed by atoms with Crippen molar-refractivity contribution in [3.05, 3.63) is 29.6 Å². The van der Waals surface area contributed by atoms with Crippen LogP contribution in [0.3, 0.4) is 0 Å². The molecule has 0 heterocycles. The van der Waals surface area contributed by atoms with Crippen LogP contribution in [0.1, 0.15) is 5.56 Å². The fourth-order valence-corrected chi connectivity index (χ4v) is 0.798. The molecule has 3 heteroatoms. The van der Waals surface area contributed by atoms with E-state index in [0.29, 0.717) is 11.3 Å². The maximum absolute atomic E-state index is 12.7. The van der Waals surface area contributed by atoms with E-state index < -0.39 is 0 Å². The summed E-state index contributed by atoms with van der Waals surface area (Å²) in [6, 6.07) is 4.48. The summed E-state index contributed by atoms with van der Waals surface area (Å²) < 4.78 is 12.7. The topological polar surface area (TPSA) is 29.1 Å². The Bertz CT molecular complexity index is 273. The number of hydrogen-bond donors (Lipinski definition) is 1. The molecule has 1 amide bonds. The Kier molecular flexibility index (Phi) is 2.21. The Labute approximate surface area is 64.0 Å². The van der Waals surface area contributed by atoms with Crippen molar-refractivity contribution in [1.29, 1.82) is 0 Å². The number of hydrogen-bond acceptors (Lipinski definition) is 1. The van der Waals surface area contributed by atoms with Crippen LogP contribution in [0.25, 0.3) is 0 Å². The number of carbonyl (C=O) groups excluding carboxylic acids is 1. The Morgan fingerprint density at radius 2 is 2.27 bits per heavy atom. The molecule has 0 saturated heterocycles. The highest BCUT2D eigenvalue weighted by atomic mass is 19.1. The van der Waals surface area contributed by atoms with E-state index in [1.165, 1.54) is 18.5 Å². The predicted octanol–water partition coefficient (Wildman–Crippen LogP) is 1.61. The summed E-state index contributed by atoms with van der Waals surface area (Å²) in [7, 11) is 0. The highest BCUT2D eigenvalue weighted by Gasteiger charge is 2.00. The zero-order chi connectivity index (χ0) is 8.27. The first kappa shape index (κ1) is 7.72. The van der Waals surface area contributed by atoms with E-state index in [0.717, 1.165) is 0 Å². The van der Waals surface area contributed by atoms with Crippen LogP contribution in [0.4, 0.5) is 10.1 Å². The molecule has 2 nitrogen and oxygen atoms in total. The van der Waals surface area contributed by atoms with Crippen LogP contribution in [0.15, 0.2) is 18.2 Å². The smallest absolute Gasteiger partial charge is 0.314 e. The van der Waals surface area contributed by atoms with E-state index in [9.17, 15) is 9.18 Å². The minimum Gasteiger partial charge on any atom is -0.317 e. The van der Waals surface area contributed by atoms with Crippen molar-refractivity contribution in [2.45, 2.75) is 6.92 Å². The van der Waals surface area contributed by atoms with E-state index in [2.05, 4.69) is 5.32 Å². The Balaban J connectivity index is 3.05. The van der Waals surface area contributed by atoms with Crippen molar-refractivity contribution < 1.29 is 9.18 Å². The van der Waals surface area contributed by atoms with Crippen LogP contribution in [-0.2, 0) is 4.79 Å². The standard InChI is InChI=1S/C8H7FNO/c1-6-7(9)3-2-4-8(6)10-5-11/h2-4H,1H3,(H,10,11). The SMILES string of the molecule is Cc1c(F)cccc1N[C]=O. The lowest BCUT2D eigenvalue weighted by atomic mass is 10.2. The molecule has 0 saturated carbocycles. The molecule has 0 atom stereocenters. The second-order valence-electron chi connectivity index (χ2n) is 2.14. The van der Waals surface area contributed by atoms with Crippen molar-refractivity contribution >= 4 is 12.1 Å². The minimum absolute atomic E-state index is 0.328. The van der Waals surface area contributed by atoms with Crippen LogP contribution < -0.4 is 5.32 Å². The summed E-state index contributed by atoms with van der Waals surface area (Å²) >= 11 is 0. The van der Waals surface area contributed by atoms with Gasteiger partial charge in [0.2, 0.25) is 0 Å². The fourth-order valence-electron chi connectivity index (χ4n) is 0.798. The number of amides is 1. The van der Waals surface area contributed by atoms with Gasteiger partial charge >= 0.3 is 6.41 Å². The fraction of sp³-hybridized carbons (Fsp3) is 0.125. The van der Waals surface area contributed by atoms with E-state index >= 15 is 0 Å². The molecule has 1 aromatic rings. The Morgan fingerprint density at radius 1 is 1.55 bits per heavy atom. The summed E-state index contributed by atoms with van der Waals surface area (Å²) in [5.41, 5.74) is 0.885. The maximum atomic E-state index is 12.7. The molecule has 0 aliphatic heterocycles. The average Bonchev–Trinajstić information content (AvgIpc) is 1.99. The van der Waals surface area contributed by atoms with Gasteiger partial charge in [0.15, 0.2) is 0 Å². The third kappa shape index (κ3) is 1.55. The molecule has 1 rings (SSSR count). The third-order valence-electron chi connectivity index (χ3n) is 1.45. The van der Waals surface area contributed by atoms with E-state index in [1.54, 1.807) is 13.0 Å². The van der Waals surface area contributed by atoms with Gasteiger partial charge in [-0.1, -0.05) is 6.07 Å². The summed E-state index contributed by atoms with van der Waals surface area (Å²) in [5, 5.41) is 2.27. The van der Waals surface area contributed by atoms with Gasteiger partial charge in [0, 0.05) is 11.3 Å². The molecule has 0 fully saturated rings. The first-order valence-electron chi connectivity index (χ1n) is 3.14. The molecule has 1 aromatic carbocycles. The number of nitrogens with one attached hydrogen (secondary N) is 1. The van der Waals surface area contributed by atoms with Gasteiger partial charge < -0.3 is 5.32 Å². The normalized spacial score (nSPS) is 9.27. The van der Waals surface area contributed by atoms with Gasteiger partial charge in [0.1, 0.15) is 5.82 Å². The molecule has 1 N–H and O–H groups in total. The predicted molar refractivity (Wildman–Crippen MR) is 40.5 cm³/mol. The lowest BCUT2D eigenvalue weighted by Gasteiger charge is -2.02.